The van der Waals surface area contributed by atoms with Crippen LogP contribution < -0.4 is 11.1 Å². The normalized spacial score (nSPS) is 19.2. The lowest BCUT2D eigenvalue weighted by Gasteiger charge is -2.18. The minimum Gasteiger partial charge on any atom is -0.366 e. The van der Waals surface area contributed by atoms with Gasteiger partial charge in [0.05, 0.1) is 5.57 Å². The van der Waals surface area contributed by atoms with Crippen LogP contribution in [0, 0.1) is 0 Å². The number of nitrogens with two attached hydrogens (primary N) is 1. The minimum absolute atomic E-state index is 0.395. The number of dihydropyridines is 1. The zero-order valence-electron chi connectivity index (χ0n) is 7.08. The summed E-state index contributed by atoms with van der Waals surface area (Å²) in [5, 5.41) is 3.03. The van der Waals surface area contributed by atoms with Crippen LogP contribution in [0.3, 0.4) is 0 Å². The molecule has 0 fully saturated rings. The highest BCUT2D eigenvalue weighted by molar-refractivity contribution is 5.95. The summed E-state index contributed by atoms with van der Waals surface area (Å²) in [6, 6.07) is 0. The van der Waals surface area contributed by atoms with Crippen LogP contribution >= 0.6 is 0 Å². The number of amides is 1. The fourth-order valence-electron chi connectivity index (χ4n) is 1.38. The molecular formula is C10H10N2O. The Labute approximate surface area is 76.3 Å². The Kier molecular flexibility index (Phi) is 1.77. The molecule has 1 aliphatic heterocycles. The zero-order valence-corrected chi connectivity index (χ0v) is 7.08. The summed E-state index contributed by atoms with van der Waals surface area (Å²) in [5.41, 5.74) is 7.85. The molecule has 1 amide bonds. The number of allylic oxidation sites excluding steroid dienone is 4. The van der Waals surface area contributed by atoms with Crippen molar-refractivity contribution < 1.29 is 4.79 Å². The van der Waals surface area contributed by atoms with Crippen molar-refractivity contribution in [3.8, 4) is 0 Å². The molecule has 0 saturated heterocycles. The van der Waals surface area contributed by atoms with E-state index in [9.17, 15) is 4.79 Å². The standard InChI is InChI=1S/C10H10N2O/c11-10(13)8-5-7-3-1-2-4-9(7)12-6-8/h1-2,4-6,12H,3H2,(H2,11,13). The maximum Gasteiger partial charge on any atom is 0.250 e. The third-order valence-electron chi connectivity index (χ3n) is 2.08. The van der Waals surface area contributed by atoms with Crippen LogP contribution in [0.2, 0.25) is 0 Å². The van der Waals surface area contributed by atoms with E-state index in [-0.39, 0.29) is 0 Å². The first-order valence-corrected chi connectivity index (χ1v) is 4.11. The summed E-state index contributed by atoms with van der Waals surface area (Å²) in [7, 11) is 0. The second-order valence-electron chi connectivity index (χ2n) is 2.99. The van der Waals surface area contributed by atoms with E-state index in [1.807, 2.05) is 24.3 Å². The van der Waals surface area contributed by atoms with Gasteiger partial charge in [0.1, 0.15) is 0 Å². The van der Waals surface area contributed by atoms with Gasteiger partial charge in [0.25, 0.3) is 0 Å². The van der Waals surface area contributed by atoms with Gasteiger partial charge in [-0.15, -0.1) is 0 Å². The van der Waals surface area contributed by atoms with Crippen molar-refractivity contribution in [2.45, 2.75) is 6.42 Å². The molecule has 0 atom stereocenters. The van der Waals surface area contributed by atoms with Crippen LogP contribution in [0.4, 0.5) is 0 Å². The molecule has 2 aliphatic rings. The number of hydrogen-bond donors (Lipinski definition) is 2. The molecule has 0 unspecified atom stereocenters. The lowest BCUT2D eigenvalue weighted by molar-refractivity contribution is -0.114. The van der Waals surface area contributed by atoms with E-state index >= 15 is 0 Å². The molecule has 0 aromatic carbocycles. The first-order chi connectivity index (χ1) is 6.27. The predicted octanol–water partition coefficient (Wildman–Crippen LogP) is 0.729. The highest BCUT2D eigenvalue weighted by Crippen LogP contribution is 2.22. The van der Waals surface area contributed by atoms with Crippen molar-refractivity contribution in [1.29, 1.82) is 0 Å². The van der Waals surface area contributed by atoms with Crippen LogP contribution in [0.15, 0.2) is 47.3 Å². The van der Waals surface area contributed by atoms with Gasteiger partial charge in [0, 0.05) is 11.9 Å². The van der Waals surface area contributed by atoms with Gasteiger partial charge in [-0.3, -0.25) is 4.79 Å². The summed E-state index contributed by atoms with van der Waals surface area (Å²) in [5.74, 6) is -0.395. The molecule has 1 aliphatic carbocycles. The Balaban J connectivity index is 2.32. The highest BCUT2D eigenvalue weighted by Gasteiger charge is 2.13. The van der Waals surface area contributed by atoms with E-state index < -0.39 is 5.91 Å². The topological polar surface area (TPSA) is 55.1 Å². The van der Waals surface area contributed by atoms with E-state index in [1.165, 1.54) is 0 Å². The Morgan fingerprint density at radius 3 is 3.15 bits per heavy atom. The lowest BCUT2D eigenvalue weighted by Crippen LogP contribution is -2.21. The van der Waals surface area contributed by atoms with Gasteiger partial charge in [-0.25, -0.2) is 0 Å². The van der Waals surface area contributed by atoms with Gasteiger partial charge in [-0.05, 0) is 24.1 Å². The van der Waals surface area contributed by atoms with Crippen LogP contribution in [0.1, 0.15) is 6.42 Å². The highest BCUT2D eigenvalue weighted by atomic mass is 16.1. The second kappa shape index (κ2) is 2.94. The van der Waals surface area contributed by atoms with E-state index in [1.54, 1.807) is 6.20 Å². The summed E-state index contributed by atoms with van der Waals surface area (Å²) in [4.78, 5) is 10.9. The van der Waals surface area contributed by atoms with E-state index in [2.05, 4.69) is 5.32 Å². The van der Waals surface area contributed by atoms with Crippen LogP contribution in [0.5, 0.6) is 0 Å². The number of carbonyl (C=O) groups excluding carboxylic acids is 1. The SMILES string of the molecule is NC(=O)C1=CNC2=CC=CCC2=C1. The van der Waals surface area contributed by atoms with Crippen molar-refractivity contribution in [2.75, 3.05) is 0 Å². The maximum atomic E-state index is 10.9. The number of rotatable bonds is 1. The summed E-state index contributed by atoms with van der Waals surface area (Å²) < 4.78 is 0. The number of fused-ring (bicyclic) bond motifs is 1. The van der Waals surface area contributed by atoms with Gasteiger partial charge in [-0.1, -0.05) is 12.2 Å². The summed E-state index contributed by atoms with van der Waals surface area (Å²) in [6.07, 6.45) is 10.3. The molecule has 0 spiro atoms. The van der Waals surface area contributed by atoms with Crippen LogP contribution in [-0.4, -0.2) is 5.91 Å². The molecule has 0 aromatic heterocycles. The monoisotopic (exact) mass is 174 g/mol. The third-order valence-corrected chi connectivity index (χ3v) is 2.08. The average molecular weight is 174 g/mol. The Morgan fingerprint density at radius 2 is 2.38 bits per heavy atom. The lowest BCUT2D eigenvalue weighted by atomic mass is 9.98. The largest absolute Gasteiger partial charge is 0.366 e. The molecule has 13 heavy (non-hydrogen) atoms. The molecule has 0 radical (unpaired) electrons. The van der Waals surface area contributed by atoms with E-state index in [4.69, 9.17) is 5.73 Å². The first-order valence-electron chi connectivity index (χ1n) is 4.11. The number of hydrogen-bond acceptors (Lipinski definition) is 2. The van der Waals surface area contributed by atoms with Crippen LogP contribution in [-0.2, 0) is 4.79 Å². The molecule has 1 heterocycles. The smallest absolute Gasteiger partial charge is 0.250 e. The molecule has 0 saturated carbocycles. The second-order valence-corrected chi connectivity index (χ2v) is 2.99. The van der Waals surface area contributed by atoms with Crippen molar-refractivity contribution in [3.63, 3.8) is 0 Å². The molecule has 3 heteroatoms. The van der Waals surface area contributed by atoms with Crippen molar-refractivity contribution in [1.82, 2.24) is 5.32 Å². The summed E-state index contributed by atoms with van der Waals surface area (Å²) >= 11 is 0. The molecule has 0 bridgehead atoms. The van der Waals surface area contributed by atoms with Crippen molar-refractivity contribution in [2.24, 2.45) is 5.73 Å². The summed E-state index contributed by atoms with van der Waals surface area (Å²) in [6.45, 7) is 0. The zero-order chi connectivity index (χ0) is 9.26. The molecule has 0 aromatic rings. The Morgan fingerprint density at radius 1 is 1.54 bits per heavy atom. The molecule has 2 rings (SSSR count). The van der Waals surface area contributed by atoms with E-state index in [0.717, 1.165) is 17.7 Å². The number of nitrogens with one attached hydrogen (secondary N) is 1. The minimum atomic E-state index is -0.395. The predicted molar refractivity (Wildman–Crippen MR) is 50.3 cm³/mol. The van der Waals surface area contributed by atoms with Crippen LogP contribution in [0.25, 0.3) is 0 Å². The third kappa shape index (κ3) is 1.40. The van der Waals surface area contributed by atoms with E-state index in [0.29, 0.717) is 5.57 Å². The fourth-order valence-corrected chi connectivity index (χ4v) is 1.38. The molecule has 3 nitrogen and oxygen atoms in total. The molecule has 3 N–H and O–H groups in total. The Hall–Kier alpha value is -1.77. The average Bonchev–Trinajstić information content (AvgIpc) is 2.17. The first kappa shape index (κ1) is 7.86. The quantitative estimate of drug-likeness (QED) is 0.615. The molecule has 66 valence electrons. The molecular weight excluding hydrogens is 164 g/mol. The van der Waals surface area contributed by atoms with Gasteiger partial charge in [0.2, 0.25) is 5.91 Å². The number of carbonyl (C=O) groups is 1. The number of primary amides is 1. The van der Waals surface area contributed by atoms with Gasteiger partial charge in [0.15, 0.2) is 0 Å². The van der Waals surface area contributed by atoms with Gasteiger partial charge in [-0.2, -0.15) is 0 Å². The van der Waals surface area contributed by atoms with Crippen molar-refractivity contribution in [3.05, 3.63) is 47.3 Å². The van der Waals surface area contributed by atoms with Crippen molar-refractivity contribution >= 4 is 5.91 Å². The Bertz CT molecular complexity index is 372. The van der Waals surface area contributed by atoms with Gasteiger partial charge >= 0.3 is 0 Å². The fraction of sp³-hybridized carbons (Fsp3) is 0.100. The van der Waals surface area contributed by atoms with Gasteiger partial charge < -0.3 is 11.1 Å². The maximum absolute atomic E-state index is 10.9.